The summed E-state index contributed by atoms with van der Waals surface area (Å²) >= 11 is 0.667. The highest BCUT2D eigenvalue weighted by atomic mass is 32.2. The lowest BCUT2D eigenvalue weighted by molar-refractivity contribution is -0.116. The second-order valence-corrected chi connectivity index (χ2v) is 4.41. The number of phenolic OH excluding ortho intramolecular Hbond substituents is 1. The van der Waals surface area contributed by atoms with Crippen molar-refractivity contribution in [3.05, 3.63) is 35.2 Å². The molecule has 92 valence electrons. The maximum atomic E-state index is 11.6. The number of thioether (sulfide) groups is 1. The van der Waals surface area contributed by atoms with Crippen LogP contribution in [0.15, 0.2) is 35.2 Å². The predicted octanol–water partition coefficient (Wildman–Crippen LogP) is 1.20. The van der Waals surface area contributed by atoms with E-state index in [1.165, 1.54) is 12.1 Å². The summed E-state index contributed by atoms with van der Waals surface area (Å²) in [6.45, 7) is 0. The van der Waals surface area contributed by atoms with Gasteiger partial charge in [0.05, 0.1) is 4.91 Å². The molecule has 1 aromatic carbocycles. The average molecular weight is 264 g/mol. The van der Waals surface area contributed by atoms with Crippen molar-refractivity contribution >= 4 is 34.5 Å². The van der Waals surface area contributed by atoms with Crippen LogP contribution in [0.4, 0.5) is 10.5 Å². The van der Waals surface area contributed by atoms with Gasteiger partial charge in [0.1, 0.15) is 5.75 Å². The van der Waals surface area contributed by atoms with E-state index in [0.717, 1.165) is 6.08 Å². The normalized spacial score (nSPS) is 16.8. The van der Waals surface area contributed by atoms with Crippen molar-refractivity contribution in [2.24, 2.45) is 0 Å². The van der Waals surface area contributed by atoms with E-state index in [1.54, 1.807) is 12.1 Å². The number of carbonyl (C=O) groups is 3. The standard InChI is InChI=1S/C11H8N2O4S/c14-7-3-1-2-6(4-7)12-9(15)5-8-10(16)13-11(17)18-8/h1-5,14H,(H,12,15)(H,13,16,17). The number of carbonyl (C=O) groups excluding carboxylic acids is 3. The largest absolute Gasteiger partial charge is 0.508 e. The Balaban J connectivity index is 2.07. The summed E-state index contributed by atoms with van der Waals surface area (Å²) < 4.78 is 0. The van der Waals surface area contributed by atoms with Gasteiger partial charge in [0.25, 0.3) is 11.1 Å². The molecule has 7 heteroatoms. The first-order valence-electron chi connectivity index (χ1n) is 4.89. The molecule has 1 aliphatic rings. The summed E-state index contributed by atoms with van der Waals surface area (Å²) in [6, 6.07) is 5.98. The van der Waals surface area contributed by atoms with E-state index in [9.17, 15) is 19.5 Å². The zero-order chi connectivity index (χ0) is 13.1. The van der Waals surface area contributed by atoms with Crippen LogP contribution in [0.2, 0.25) is 0 Å². The van der Waals surface area contributed by atoms with Crippen molar-refractivity contribution in [1.29, 1.82) is 0 Å². The number of aromatic hydroxyl groups is 1. The molecule has 0 aliphatic carbocycles. The van der Waals surface area contributed by atoms with E-state index in [1.807, 2.05) is 5.32 Å². The van der Waals surface area contributed by atoms with Gasteiger partial charge in [-0.1, -0.05) is 6.07 Å². The molecule has 0 saturated carbocycles. The number of imide groups is 1. The van der Waals surface area contributed by atoms with Gasteiger partial charge in [0.2, 0.25) is 5.91 Å². The molecule has 3 N–H and O–H groups in total. The molecule has 18 heavy (non-hydrogen) atoms. The van der Waals surface area contributed by atoms with Crippen LogP contribution in [0.5, 0.6) is 5.75 Å². The Morgan fingerprint density at radius 2 is 2.17 bits per heavy atom. The van der Waals surface area contributed by atoms with Crippen molar-refractivity contribution < 1.29 is 19.5 Å². The summed E-state index contributed by atoms with van der Waals surface area (Å²) in [5.74, 6) is -1.12. The molecular formula is C11H8N2O4S. The number of benzene rings is 1. The van der Waals surface area contributed by atoms with Gasteiger partial charge in [-0.05, 0) is 23.9 Å². The molecule has 0 radical (unpaired) electrons. The SMILES string of the molecule is O=C(C=C1SC(=O)NC1=O)Nc1cccc(O)c1. The third-order valence-corrected chi connectivity index (χ3v) is 2.83. The molecule has 0 spiro atoms. The van der Waals surface area contributed by atoms with E-state index in [0.29, 0.717) is 17.4 Å². The molecule has 0 atom stereocenters. The summed E-state index contributed by atoms with van der Waals surface area (Å²) in [5, 5.41) is 13.2. The molecule has 1 saturated heterocycles. The number of amides is 3. The summed E-state index contributed by atoms with van der Waals surface area (Å²) in [4.78, 5) is 33.7. The minimum absolute atomic E-state index is 0.0172. The molecule has 0 aromatic heterocycles. The Morgan fingerprint density at radius 3 is 2.78 bits per heavy atom. The Morgan fingerprint density at radius 1 is 1.39 bits per heavy atom. The topological polar surface area (TPSA) is 95.5 Å². The highest BCUT2D eigenvalue weighted by Gasteiger charge is 2.25. The average Bonchev–Trinajstić information content (AvgIpc) is 2.57. The highest BCUT2D eigenvalue weighted by Crippen LogP contribution is 2.23. The monoisotopic (exact) mass is 264 g/mol. The van der Waals surface area contributed by atoms with Gasteiger partial charge < -0.3 is 10.4 Å². The molecule has 3 amide bonds. The van der Waals surface area contributed by atoms with Crippen molar-refractivity contribution in [3.8, 4) is 5.75 Å². The van der Waals surface area contributed by atoms with E-state index in [-0.39, 0.29) is 10.7 Å². The molecule has 1 heterocycles. The first kappa shape index (κ1) is 12.2. The number of phenols is 1. The Bertz CT molecular complexity index is 568. The van der Waals surface area contributed by atoms with Gasteiger partial charge in [-0.25, -0.2) is 0 Å². The molecule has 1 aliphatic heterocycles. The van der Waals surface area contributed by atoms with E-state index < -0.39 is 17.1 Å². The van der Waals surface area contributed by atoms with Gasteiger partial charge in [-0.3, -0.25) is 19.7 Å². The van der Waals surface area contributed by atoms with Crippen molar-refractivity contribution in [2.75, 3.05) is 5.32 Å². The van der Waals surface area contributed by atoms with Gasteiger partial charge in [0, 0.05) is 17.8 Å². The summed E-state index contributed by atoms with van der Waals surface area (Å²) in [6.07, 6.45) is 1.04. The van der Waals surface area contributed by atoms with Gasteiger partial charge in [-0.15, -0.1) is 0 Å². The lowest BCUT2D eigenvalue weighted by Gasteiger charge is -2.02. The third kappa shape index (κ3) is 2.89. The number of anilines is 1. The van der Waals surface area contributed by atoms with Crippen LogP contribution >= 0.6 is 11.8 Å². The van der Waals surface area contributed by atoms with Crippen molar-refractivity contribution in [1.82, 2.24) is 5.32 Å². The smallest absolute Gasteiger partial charge is 0.290 e. The van der Waals surface area contributed by atoms with Crippen LogP contribution < -0.4 is 10.6 Å². The fourth-order valence-corrected chi connectivity index (χ4v) is 1.96. The molecule has 2 rings (SSSR count). The van der Waals surface area contributed by atoms with Crippen molar-refractivity contribution in [2.45, 2.75) is 0 Å². The van der Waals surface area contributed by atoms with E-state index in [4.69, 9.17) is 0 Å². The van der Waals surface area contributed by atoms with Crippen LogP contribution in [0.1, 0.15) is 0 Å². The zero-order valence-electron chi connectivity index (χ0n) is 8.97. The number of hydrogen-bond acceptors (Lipinski definition) is 5. The molecule has 0 unspecified atom stereocenters. The fraction of sp³-hybridized carbons (Fsp3) is 0. The third-order valence-electron chi connectivity index (χ3n) is 2.02. The molecule has 0 bridgehead atoms. The molecular weight excluding hydrogens is 256 g/mol. The summed E-state index contributed by atoms with van der Waals surface area (Å²) in [5.41, 5.74) is 0.395. The van der Waals surface area contributed by atoms with Crippen LogP contribution in [-0.4, -0.2) is 22.2 Å². The maximum Gasteiger partial charge on any atom is 0.290 e. The molecule has 1 aromatic rings. The number of hydrogen-bond donors (Lipinski definition) is 3. The van der Waals surface area contributed by atoms with E-state index >= 15 is 0 Å². The molecule has 6 nitrogen and oxygen atoms in total. The Hall–Kier alpha value is -2.28. The quantitative estimate of drug-likeness (QED) is 0.697. The van der Waals surface area contributed by atoms with Crippen LogP contribution in [-0.2, 0) is 9.59 Å². The first-order valence-corrected chi connectivity index (χ1v) is 5.71. The van der Waals surface area contributed by atoms with Gasteiger partial charge in [-0.2, -0.15) is 0 Å². The Kier molecular flexibility index (Phi) is 3.33. The lowest BCUT2D eigenvalue weighted by atomic mass is 10.3. The van der Waals surface area contributed by atoms with Crippen LogP contribution in [0, 0.1) is 0 Å². The zero-order valence-corrected chi connectivity index (χ0v) is 9.78. The Labute approximate surface area is 106 Å². The maximum absolute atomic E-state index is 11.6. The number of rotatable bonds is 2. The second-order valence-electron chi connectivity index (χ2n) is 3.39. The highest BCUT2D eigenvalue weighted by molar-refractivity contribution is 8.18. The minimum Gasteiger partial charge on any atom is -0.508 e. The van der Waals surface area contributed by atoms with Gasteiger partial charge >= 0.3 is 0 Å². The first-order chi connectivity index (χ1) is 8.54. The molecule has 1 fully saturated rings. The number of nitrogens with one attached hydrogen (secondary N) is 2. The lowest BCUT2D eigenvalue weighted by Crippen LogP contribution is -2.18. The van der Waals surface area contributed by atoms with E-state index in [2.05, 4.69) is 5.32 Å². The van der Waals surface area contributed by atoms with Gasteiger partial charge in [0.15, 0.2) is 0 Å². The minimum atomic E-state index is -0.587. The van der Waals surface area contributed by atoms with Crippen LogP contribution in [0.3, 0.4) is 0 Å². The second kappa shape index (κ2) is 4.92. The fourth-order valence-electron chi connectivity index (χ4n) is 1.30. The van der Waals surface area contributed by atoms with Crippen LogP contribution in [0.25, 0.3) is 0 Å². The van der Waals surface area contributed by atoms with Crippen molar-refractivity contribution in [3.63, 3.8) is 0 Å². The predicted molar refractivity (Wildman–Crippen MR) is 65.9 cm³/mol. The summed E-state index contributed by atoms with van der Waals surface area (Å²) in [7, 11) is 0.